The van der Waals surface area contributed by atoms with Crippen molar-refractivity contribution in [2.45, 2.75) is 26.7 Å². The van der Waals surface area contributed by atoms with Gasteiger partial charge in [0.2, 0.25) is 0 Å². The van der Waals surface area contributed by atoms with Crippen molar-refractivity contribution in [2.24, 2.45) is 10.9 Å². The van der Waals surface area contributed by atoms with Gasteiger partial charge in [-0.3, -0.25) is 0 Å². The molecule has 0 saturated carbocycles. The average molecular weight is 402 g/mol. The van der Waals surface area contributed by atoms with Crippen molar-refractivity contribution in [3.05, 3.63) is 64.0 Å². The molecule has 4 nitrogen and oxygen atoms in total. The molecule has 7 heteroatoms. The van der Waals surface area contributed by atoms with Gasteiger partial charge in [0.05, 0.1) is 0 Å². The molecule has 0 saturated heterocycles. The van der Waals surface area contributed by atoms with Crippen LogP contribution in [0.3, 0.4) is 0 Å². The van der Waals surface area contributed by atoms with E-state index >= 15 is 0 Å². The van der Waals surface area contributed by atoms with Crippen LogP contribution in [0.4, 0.5) is 8.78 Å². The van der Waals surface area contributed by atoms with E-state index in [9.17, 15) is 19.1 Å². The Bertz CT molecular complexity index is 1060. The molecule has 0 spiro atoms. The number of amidine groups is 1. The van der Waals surface area contributed by atoms with E-state index in [1.54, 1.807) is 6.07 Å². The van der Waals surface area contributed by atoms with Crippen LogP contribution in [0.25, 0.3) is 21.6 Å². The van der Waals surface area contributed by atoms with E-state index in [1.165, 1.54) is 11.3 Å². The number of aromatic hydroxyl groups is 1. The molecule has 28 heavy (non-hydrogen) atoms. The summed E-state index contributed by atoms with van der Waals surface area (Å²) in [5.74, 6) is -2.54. The molecule has 0 bridgehead atoms. The van der Waals surface area contributed by atoms with Gasteiger partial charge < -0.3 is 16.0 Å². The molecule has 1 heterocycles. The third-order valence-corrected chi connectivity index (χ3v) is 5.57. The van der Waals surface area contributed by atoms with Gasteiger partial charge in [0.25, 0.3) is 0 Å². The van der Waals surface area contributed by atoms with Crippen LogP contribution in [0, 0.1) is 18.6 Å². The number of hydrogen-bond donors (Lipinski definition) is 3. The van der Waals surface area contributed by atoms with E-state index in [2.05, 4.69) is 5.16 Å². The fourth-order valence-electron chi connectivity index (χ4n) is 3.22. The number of oxime groups is 1. The minimum atomic E-state index is -0.920. The molecule has 0 amide bonds. The predicted octanol–water partition coefficient (Wildman–Crippen LogP) is 5.42. The van der Waals surface area contributed by atoms with E-state index in [4.69, 9.17) is 5.73 Å². The molecule has 0 aliphatic heterocycles. The number of hydrogen-bond acceptors (Lipinski definition) is 4. The van der Waals surface area contributed by atoms with Gasteiger partial charge >= 0.3 is 0 Å². The van der Waals surface area contributed by atoms with E-state index in [-0.39, 0.29) is 11.4 Å². The Kier molecular flexibility index (Phi) is 5.65. The lowest BCUT2D eigenvalue weighted by Gasteiger charge is -2.18. The highest BCUT2D eigenvalue weighted by Crippen LogP contribution is 2.42. The van der Waals surface area contributed by atoms with Crippen molar-refractivity contribution in [1.82, 2.24) is 0 Å². The second kappa shape index (κ2) is 7.98. The molecule has 3 aromatic rings. The molecule has 0 atom stereocenters. The van der Waals surface area contributed by atoms with E-state index in [0.29, 0.717) is 23.1 Å². The first-order valence-electron chi connectivity index (χ1n) is 8.75. The van der Waals surface area contributed by atoms with Crippen LogP contribution in [-0.2, 0) is 6.42 Å². The van der Waals surface area contributed by atoms with Gasteiger partial charge in [-0.25, -0.2) is 8.78 Å². The molecule has 0 radical (unpaired) electrons. The predicted molar refractivity (Wildman–Crippen MR) is 108 cm³/mol. The zero-order valence-electron chi connectivity index (χ0n) is 15.5. The number of thiophene rings is 1. The van der Waals surface area contributed by atoms with Crippen LogP contribution in [0.5, 0.6) is 5.75 Å². The Labute approximate surface area is 165 Å². The number of rotatable bonds is 5. The Morgan fingerprint density at radius 2 is 1.89 bits per heavy atom. The minimum absolute atomic E-state index is 0.00282. The molecule has 4 N–H and O–H groups in total. The summed E-state index contributed by atoms with van der Waals surface area (Å²) in [7, 11) is 0. The van der Waals surface area contributed by atoms with Crippen LogP contribution in [0.2, 0.25) is 0 Å². The summed E-state index contributed by atoms with van der Waals surface area (Å²) in [5, 5.41) is 23.8. The summed E-state index contributed by atoms with van der Waals surface area (Å²) in [6.07, 6.45) is 1.52. The number of nitrogens with two attached hydrogens (primary N) is 1. The fourth-order valence-corrected chi connectivity index (χ4v) is 4.22. The SMILES string of the molecule is CCCc1cc(C(N)=NO)c(-c2sccc2C)c(-c2cc(F)c(O)cc2F)c1. The Morgan fingerprint density at radius 3 is 2.50 bits per heavy atom. The lowest BCUT2D eigenvalue weighted by Crippen LogP contribution is -2.15. The number of phenols is 1. The summed E-state index contributed by atoms with van der Waals surface area (Å²) < 4.78 is 28.8. The second-order valence-electron chi connectivity index (χ2n) is 6.52. The molecule has 0 aliphatic rings. The first-order chi connectivity index (χ1) is 13.4. The standard InChI is InChI=1S/C21H20F2N2O2S/c1-3-4-12-7-14(13-9-17(23)18(26)10-16(13)22)19(15(8-12)21(24)25-27)20-11(2)5-6-28-20/h5-10,26-27H,3-4H2,1-2H3,(H2,24,25). The fraction of sp³-hybridized carbons (Fsp3) is 0.190. The second-order valence-corrected chi connectivity index (χ2v) is 7.43. The van der Waals surface area contributed by atoms with Crippen LogP contribution in [0.15, 0.2) is 40.9 Å². The molecule has 2 aromatic carbocycles. The summed E-state index contributed by atoms with van der Waals surface area (Å²) in [6.45, 7) is 3.90. The van der Waals surface area contributed by atoms with Gasteiger partial charge in [-0.2, -0.15) is 0 Å². The van der Waals surface area contributed by atoms with Gasteiger partial charge in [0.15, 0.2) is 17.4 Å². The third kappa shape index (κ3) is 3.57. The maximum Gasteiger partial charge on any atom is 0.170 e. The maximum absolute atomic E-state index is 14.7. The van der Waals surface area contributed by atoms with Crippen LogP contribution in [0.1, 0.15) is 30.0 Å². The van der Waals surface area contributed by atoms with Crippen molar-refractivity contribution in [3.63, 3.8) is 0 Å². The minimum Gasteiger partial charge on any atom is -0.505 e. The lowest BCUT2D eigenvalue weighted by atomic mass is 9.89. The first kappa shape index (κ1) is 19.8. The van der Waals surface area contributed by atoms with Gasteiger partial charge in [-0.1, -0.05) is 24.6 Å². The number of aryl methyl sites for hydroxylation is 2. The van der Waals surface area contributed by atoms with Crippen molar-refractivity contribution in [2.75, 3.05) is 0 Å². The quantitative estimate of drug-likeness (QED) is 0.231. The molecule has 3 rings (SSSR count). The van der Waals surface area contributed by atoms with Crippen molar-refractivity contribution in [1.29, 1.82) is 0 Å². The topological polar surface area (TPSA) is 78.8 Å². The Hall–Kier alpha value is -2.93. The number of benzene rings is 2. The Balaban J connectivity index is 2.45. The number of halogens is 2. The van der Waals surface area contributed by atoms with Crippen LogP contribution < -0.4 is 5.73 Å². The van der Waals surface area contributed by atoms with Gasteiger partial charge in [-0.05, 0) is 53.6 Å². The van der Waals surface area contributed by atoms with Crippen molar-refractivity contribution >= 4 is 17.2 Å². The van der Waals surface area contributed by atoms with E-state index in [1.807, 2.05) is 31.4 Å². The molecular formula is C21H20F2N2O2S. The Morgan fingerprint density at radius 1 is 1.14 bits per heavy atom. The van der Waals surface area contributed by atoms with Gasteiger partial charge in [0.1, 0.15) is 5.82 Å². The first-order valence-corrected chi connectivity index (χ1v) is 9.63. The molecule has 1 aromatic heterocycles. The monoisotopic (exact) mass is 402 g/mol. The van der Waals surface area contributed by atoms with E-state index in [0.717, 1.165) is 34.6 Å². The zero-order chi connectivity index (χ0) is 20.4. The maximum atomic E-state index is 14.7. The van der Waals surface area contributed by atoms with Gasteiger partial charge in [-0.15, -0.1) is 11.3 Å². The van der Waals surface area contributed by atoms with Crippen LogP contribution in [-0.4, -0.2) is 16.1 Å². The highest BCUT2D eigenvalue weighted by atomic mass is 32.1. The normalized spacial score (nSPS) is 11.8. The van der Waals surface area contributed by atoms with E-state index < -0.39 is 17.4 Å². The molecule has 146 valence electrons. The third-order valence-electron chi connectivity index (χ3n) is 4.54. The average Bonchev–Trinajstić information content (AvgIpc) is 3.09. The zero-order valence-corrected chi connectivity index (χ0v) is 16.3. The van der Waals surface area contributed by atoms with Gasteiger partial charge in [0, 0.05) is 27.6 Å². The highest BCUT2D eigenvalue weighted by molar-refractivity contribution is 7.13. The van der Waals surface area contributed by atoms with Crippen molar-refractivity contribution in [3.8, 4) is 27.3 Å². The lowest BCUT2D eigenvalue weighted by molar-refractivity contribution is 0.318. The number of phenolic OH excluding ortho intramolecular Hbond substituents is 1. The largest absolute Gasteiger partial charge is 0.505 e. The molecule has 0 unspecified atom stereocenters. The smallest absolute Gasteiger partial charge is 0.170 e. The summed E-state index contributed by atoms with van der Waals surface area (Å²) >= 11 is 1.43. The summed E-state index contributed by atoms with van der Waals surface area (Å²) in [6, 6.07) is 7.24. The molecular weight excluding hydrogens is 382 g/mol. The summed E-state index contributed by atoms with van der Waals surface area (Å²) in [5.41, 5.74) is 9.17. The molecule has 0 fully saturated rings. The number of nitrogens with zero attached hydrogens (tertiary/aromatic N) is 1. The highest BCUT2D eigenvalue weighted by Gasteiger charge is 2.22. The van der Waals surface area contributed by atoms with Crippen molar-refractivity contribution < 1.29 is 19.1 Å². The molecule has 0 aliphatic carbocycles. The summed E-state index contributed by atoms with van der Waals surface area (Å²) in [4.78, 5) is 0.813. The van der Waals surface area contributed by atoms with Crippen LogP contribution >= 0.6 is 11.3 Å².